The van der Waals surface area contributed by atoms with Crippen molar-refractivity contribution in [3.63, 3.8) is 0 Å². The number of benzene rings is 2. The van der Waals surface area contributed by atoms with Crippen LogP contribution in [-0.2, 0) is 31.3 Å². The number of aliphatic hydroxyl groups is 4. The Morgan fingerprint density at radius 3 is 1.02 bits per heavy atom. The van der Waals surface area contributed by atoms with Crippen molar-refractivity contribution in [1.82, 2.24) is 0 Å². The smallest absolute Gasteiger partial charge is 0.127 e. The van der Waals surface area contributed by atoms with Gasteiger partial charge in [0, 0.05) is 0 Å². The predicted octanol–water partition coefficient (Wildman–Crippen LogP) is 11.9. The molecule has 53 heavy (non-hydrogen) atoms. The van der Waals surface area contributed by atoms with Crippen molar-refractivity contribution < 1.29 is 20.4 Å². The van der Waals surface area contributed by atoms with Gasteiger partial charge in [0.2, 0.25) is 0 Å². The first-order chi connectivity index (χ1) is 25.6. The first-order valence-electron chi connectivity index (χ1n) is 22.4. The van der Waals surface area contributed by atoms with E-state index in [1.54, 1.807) is 0 Å². The highest BCUT2D eigenvalue weighted by Gasteiger charge is 2.54. The summed E-state index contributed by atoms with van der Waals surface area (Å²) in [5.74, 6) is 2.13. The van der Waals surface area contributed by atoms with Gasteiger partial charge in [-0.2, -0.15) is 0 Å². The van der Waals surface area contributed by atoms with Crippen LogP contribution in [0.2, 0.25) is 0 Å². The quantitative estimate of drug-likeness (QED) is 0.0644. The molecule has 4 atom stereocenters. The number of rotatable bonds is 30. The minimum atomic E-state index is -1.81. The van der Waals surface area contributed by atoms with E-state index in [1.165, 1.54) is 62.5 Å². The average Bonchev–Trinajstić information content (AvgIpc) is 3.18. The van der Waals surface area contributed by atoms with Crippen LogP contribution in [0.15, 0.2) is 36.4 Å². The molecule has 0 heterocycles. The van der Waals surface area contributed by atoms with Gasteiger partial charge < -0.3 is 20.4 Å². The summed E-state index contributed by atoms with van der Waals surface area (Å²) in [5.41, 5.74) is 2.85. The predicted molar refractivity (Wildman–Crippen MR) is 228 cm³/mol. The van der Waals surface area contributed by atoms with E-state index in [9.17, 15) is 20.4 Å². The Labute approximate surface area is 327 Å². The van der Waals surface area contributed by atoms with Gasteiger partial charge in [0.25, 0.3) is 0 Å². The Bertz CT molecular complexity index is 1160. The van der Waals surface area contributed by atoms with Crippen molar-refractivity contribution in [2.24, 2.45) is 29.1 Å². The highest BCUT2D eigenvalue weighted by atomic mass is 16.3. The van der Waals surface area contributed by atoms with Crippen LogP contribution in [0, 0.1) is 29.1 Å². The summed E-state index contributed by atoms with van der Waals surface area (Å²) < 4.78 is 0. The fourth-order valence-corrected chi connectivity index (χ4v) is 8.86. The molecule has 0 saturated heterocycles. The first-order valence-corrected chi connectivity index (χ1v) is 22.4. The van der Waals surface area contributed by atoms with Gasteiger partial charge in [0.05, 0.1) is 25.2 Å². The fourth-order valence-electron chi connectivity index (χ4n) is 8.86. The maximum Gasteiger partial charge on any atom is 0.127 e. The standard InChI is InChI=1S/C49H84O4/c1-9-17-21-38(13-5)29-42-25-27-46(44(33-42)31-40(15-7)23-19-11-3)49(53,48(35-50,36-51)37-52)47-28-26-43(30-39(14-6)22-18-10-2)34-45(47)32-41(16-8)24-20-12-4/h25-28,33-34,38-41,50-53H,9-24,29-32,35-37H2,1-8H3. The molecule has 0 bridgehead atoms. The third kappa shape index (κ3) is 13.2. The van der Waals surface area contributed by atoms with Crippen molar-refractivity contribution in [2.45, 2.75) is 189 Å². The highest BCUT2D eigenvalue weighted by Crippen LogP contribution is 2.49. The lowest BCUT2D eigenvalue weighted by molar-refractivity contribution is -0.136. The van der Waals surface area contributed by atoms with E-state index in [0.29, 0.717) is 23.7 Å². The lowest BCUT2D eigenvalue weighted by Gasteiger charge is -2.47. The average molecular weight is 737 g/mol. The van der Waals surface area contributed by atoms with Crippen molar-refractivity contribution in [3.05, 3.63) is 69.8 Å². The van der Waals surface area contributed by atoms with Crippen LogP contribution in [0.5, 0.6) is 0 Å². The maximum absolute atomic E-state index is 13.7. The van der Waals surface area contributed by atoms with E-state index in [1.807, 2.05) is 0 Å². The number of unbranched alkanes of at least 4 members (excludes halogenated alkanes) is 4. The van der Waals surface area contributed by atoms with E-state index >= 15 is 0 Å². The van der Waals surface area contributed by atoms with Crippen molar-refractivity contribution in [3.8, 4) is 0 Å². The highest BCUT2D eigenvalue weighted by molar-refractivity contribution is 5.50. The van der Waals surface area contributed by atoms with E-state index in [0.717, 1.165) is 99.3 Å². The summed E-state index contributed by atoms with van der Waals surface area (Å²) in [6.07, 6.45) is 22.2. The maximum atomic E-state index is 13.7. The number of hydrogen-bond donors (Lipinski definition) is 4. The van der Waals surface area contributed by atoms with Gasteiger partial charge in [-0.25, -0.2) is 0 Å². The SMILES string of the molecule is CCCCC(CC)Cc1ccc(C(O)(c2ccc(CC(CC)CCCC)cc2CC(CC)CCCC)C(CO)(CO)CO)c(CC(CC)CCCC)c1. The Hall–Kier alpha value is -1.72. The molecule has 2 rings (SSSR count). The second-order valence-corrected chi connectivity index (χ2v) is 16.9. The van der Waals surface area contributed by atoms with Gasteiger partial charge in [0.1, 0.15) is 5.60 Å². The van der Waals surface area contributed by atoms with E-state index in [-0.39, 0.29) is 0 Å². The second-order valence-electron chi connectivity index (χ2n) is 16.9. The zero-order chi connectivity index (χ0) is 39.3. The summed E-state index contributed by atoms with van der Waals surface area (Å²) in [6, 6.07) is 13.2. The summed E-state index contributed by atoms with van der Waals surface area (Å²) >= 11 is 0. The van der Waals surface area contributed by atoms with Crippen LogP contribution in [0.4, 0.5) is 0 Å². The lowest BCUT2D eigenvalue weighted by Crippen LogP contribution is -2.55. The third-order valence-electron chi connectivity index (χ3n) is 13.0. The van der Waals surface area contributed by atoms with Crippen LogP contribution in [0.25, 0.3) is 0 Å². The minimum Gasteiger partial charge on any atom is -0.395 e. The summed E-state index contributed by atoms with van der Waals surface area (Å²) in [7, 11) is 0. The molecule has 2 aromatic carbocycles. The normalized spacial score (nSPS) is 15.6. The Kier molecular flexibility index (Phi) is 22.8. The lowest BCUT2D eigenvalue weighted by atomic mass is 9.62. The van der Waals surface area contributed by atoms with Gasteiger partial charge in [0.15, 0.2) is 0 Å². The molecule has 0 aromatic heterocycles. The van der Waals surface area contributed by atoms with E-state index in [2.05, 4.69) is 91.8 Å². The Morgan fingerprint density at radius 2 is 0.755 bits per heavy atom. The van der Waals surface area contributed by atoms with Gasteiger partial charge in [-0.1, -0.05) is 195 Å². The Balaban J connectivity index is 2.99. The second kappa shape index (κ2) is 25.4. The van der Waals surface area contributed by atoms with Crippen LogP contribution in [0.3, 0.4) is 0 Å². The molecule has 0 amide bonds. The first kappa shape index (κ1) is 47.4. The molecular formula is C49H84O4. The molecule has 0 aliphatic carbocycles. The number of aliphatic hydroxyl groups excluding tert-OH is 3. The zero-order valence-electron chi connectivity index (χ0n) is 35.8. The van der Waals surface area contributed by atoms with E-state index in [4.69, 9.17) is 0 Å². The zero-order valence-corrected chi connectivity index (χ0v) is 35.8. The molecular weight excluding hydrogens is 653 g/mol. The van der Waals surface area contributed by atoms with Crippen molar-refractivity contribution >= 4 is 0 Å². The molecule has 4 N–H and O–H groups in total. The fraction of sp³-hybridized carbons (Fsp3) is 0.755. The van der Waals surface area contributed by atoms with Crippen molar-refractivity contribution in [2.75, 3.05) is 19.8 Å². The monoisotopic (exact) mass is 737 g/mol. The van der Waals surface area contributed by atoms with Crippen LogP contribution in [0.1, 0.15) is 192 Å². The summed E-state index contributed by atoms with van der Waals surface area (Å²) in [4.78, 5) is 0. The molecule has 4 nitrogen and oxygen atoms in total. The molecule has 4 unspecified atom stereocenters. The molecule has 0 aliphatic rings. The Morgan fingerprint density at radius 1 is 0.453 bits per heavy atom. The molecule has 0 spiro atoms. The summed E-state index contributed by atoms with van der Waals surface area (Å²) in [5, 5.41) is 47.3. The van der Waals surface area contributed by atoms with Crippen LogP contribution < -0.4 is 0 Å². The largest absolute Gasteiger partial charge is 0.395 e. The topological polar surface area (TPSA) is 80.9 Å². The number of hydrogen-bond acceptors (Lipinski definition) is 4. The van der Waals surface area contributed by atoms with Crippen LogP contribution in [-0.4, -0.2) is 40.2 Å². The van der Waals surface area contributed by atoms with Crippen LogP contribution >= 0.6 is 0 Å². The van der Waals surface area contributed by atoms with Gasteiger partial charge in [-0.3, -0.25) is 0 Å². The van der Waals surface area contributed by atoms with Gasteiger partial charge in [-0.15, -0.1) is 0 Å². The molecule has 2 aromatic rings. The van der Waals surface area contributed by atoms with Crippen molar-refractivity contribution in [1.29, 1.82) is 0 Å². The van der Waals surface area contributed by atoms with Gasteiger partial charge >= 0.3 is 0 Å². The molecule has 0 fully saturated rings. The molecule has 4 heteroatoms. The summed E-state index contributed by atoms with van der Waals surface area (Å²) in [6.45, 7) is 16.5. The molecule has 0 aliphatic heterocycles. The van der Waals surface area contributed by atoms with E-state index < -0.39 is 30.8 Å². The van der Waals surface area contributed by atoms with Gasteiger partial charge in [-0.05, 0) is 82.7 Å². The minimum absolute atomic E-state index is 0.455. The third-order valence-corrected chi connectivity index (χ3v) is 13.0. The molecule has 0 radical (unpaired) electrons. The molecule has 304 valence electrons. The molecule has 0 saturated carbocycles.